The lowest BCUT2D eigenvalue weighted by atomic mass is 10.0. The molecule has 160 valence electrons. The van der Waals surface area contributed by atoms with Gasteiger partial charge in [0.25, 0.3) is 5.91 Å². The van der Waals surface area contributed by atoms with Gasteiger partial charge in [0.15, 0.2) is 0 Å². The second-order valence-corrected chi connectivity index (χ2v) is 8.12. The molecular formula is C27H26N4O. The van der Waals surface area contributed by atoms with E-state index >= 15 is 0 Å². The molecule has 2 aromatic carbocycles. The van der Waals surface area contributed by atoms with E-state index < -0.39 is 0 Å². The number of nitrogens with zero attached hydrogens (tertiary/aromatic N) is 3. The van der Waals surface area contributed by atoms with E-state index in [4.69, 9.17) is 0 Å². The summed E-state index contributed by atoms with van der Waals surface area (Å²) in [5.74, 6) is 0.0776. The molecule has 2 aromatic heterocycles. The molecule has 1 amide bonds. The maximum Gasteiger partial charge on any atom is 0.254 e. The minimum absolute atomic E-state index is 0.0776. The van der Waals surface area contributed by atoms with Crippen molar-refractivity contribution in [1.82, 2.24) is 19.8 Å². The third-order valence-corrected chi connectivity index (χ3v) is 6.01. The highest BCUT2D eigenvalue weighted by Gasteiger charge is 2.24. The fourth-order valence-corrected chi connectivity index (χ4v) is 4.26. The smallest absolute Gasteiger partial charge is 0.254 e. The molecule has 1 aliphatic rings. The molecule has 0 saturated carbocycles. The third-order valence-electron chi connectivity index (χ3n) is 6.01. The molecule has 0 unspecified atom stereocenters. The van der Waals surface area contributed by atoms with Crippen molar-refractivity contribution in [3.8, 4) is 0 Å². The molecule has 5 heteroatoms. The standard InChI is InChI=1S/C27H26N4O/c32-27(31-16-14-30(15-17-31)20-21-8-3-1-4-9-21)25(22-10-5-2-6-11-22)18-23-19-29-26-24(23)12-7-13-28-26/h1-13,18-19H,14-17,20H2,(H,28,29)/b25-18+. The fourth-order valence-electron chi connectivity index (χ4n) is 4.26. The van der Waals surface area contributed by atoms with E-state index in [-0.39, 0.29) is 5.91 Å². The average molecular weight is 423 g/mol. The van der Waals surface area contributed by atoms with Crippen LogP contribution in [0, 0.1) is 0 Å². The number of benzene rings is 2. The van der Waals surface area contributed by atoms with Gasteiger partial charge in [0, 0.05) is 61.6 Å². The van der Waals surface area contributed by atoms with Crippen molar-refractivity contribution in [3.05, 3.63) is 102 Å². The number of hydrogen-bond donors (Lipinski definition) is 1. The van der Waals surface area contributed by atoms with E-state index in [2.05, 4.69) is 39.1 Å². The first-order valence-corrected chi connectivity index (χ1v) is 11.0. The Labute approximate surface area is 188 Å². The van der Waals surface area contributed by atoms with E-state index in [1.807, 2.05) is 65.7 Å². The van der Waals surface area contributed by atoms with Crippen molar-refractivity contribution in [3.63, 3.8) is 0 Å². The minimum Gasteiger partial charge on any atom is -0.346 e. The Morgan fingerprint density at radius 1 is 0.906 bits per heavy atom. The van der Waals surface area contributed by atoms with Crippen LogP contribution in [0.2, 0.25) is 0 Å². The Balaban J connectivity index is 1.37. The largest absolute Gasteiger partial charge is 0.346 e. The van der Waals surface area contributed by atoms with Crippen molar-refractivity contribution in [1.29, 1.82) is 0 Å². The summed E-state index contributed by atoms with van der Waals surface area (Å²) in [6.07, 6.45) is 5.69. The molecule has 3 heterocycles. The summed E-state index contributed by atoms with van der Waals surface area (Å²) in [5, 5.41) is 1.02. The second kappa shape index (κ2) is 9.20. The van der Waals surface area contributed by atoms with Gasteiger partial charge < -0.3 is 9.88 Å². The maximum atomic E-state index is 13.6. The predicted octanol–water partition coefficient (Wildman–Crippen LogP) is 4.45. The zero-order valence-corrected chi connectivity index (χ0v) is 17.9. The summed E-state index contributed by atoms with van der Waals surface area (Å²) in [6, 6.07) is 24.4. The van der Waals surface area contributed by atoms with Gasteiger partial charge in [0.1, 0.15) is 5.65 Å². The average Bonchev–Trinajstić information content (AvgIpc) is 3.27. The molecule has 32 heavy (non-hydrogen) atoms. The molecular weight excluding hydrogens is 396 g/mol. The van der Waals surface area contributed by atoms with Crippen LogP contribution in [0.25, 0.3) is 22.7 Å². The normalized spacial score (nSPS) is 15.2. The van der Waals surface area contributed by atoms with Crippen molar-refractivity contribution in [2.24, 2.45) is 0 Å². The maximum absolute atomic E-state index is 13.6. The van der Waals surface area contributed by atoms with Crippen LogP contribution in [0.1, 0.15) is 16.7 Å². The van der Waals surface area contributed by atoms with Gasteiger partial charge in [0.2, 0.25) is 0 Å². The summed E-state index contributed by atoms with van der Waals surface area (Å²) in [4.78, 5) is 25.6. The van der Waals surface area contributed by atoms with E-state index in [1.165, 1.54) is 5.56 Å². The number of piperazine rings is 1. The Hall–Kier alpha value is -3.70. The van der Waals surface area contributed by atoms with Gasteiger partial charge in [-0.1, -0.05) is 60.7 Å². The molecule has 0 bridgehead atoms. The molecule has 0 atom stereocenters. The number of carbonyl (C=O) groups excluding carboxylic acids is 1. The number of fused-ring (bicyclic) bond motifs is 1. The molecule has 1 saturated heterocycles. The number of aromatic nitrogens is 2. The number of rotatable bonds is 5. The summed E-state index contributed by atoms with van der Waals surface area (Å²) in [6.45, 7) is 4.13. The van der Waals surface area contributed by atoms with Crippen LogP contribution in [0.3, 0.4) is 0 Å². The minimum atomic E-state index is 0.0776. The summed E-state index contributed by atoms with van der Waals surface area (Å²) in [7, 11) is 0. The number of carbonyl (C=O) groups is 1. The lowest BCUT2D eigenvalue weighted by molar-refractivity contribution is -0.126. The number of hydrogen-bond acceptors (Lipinski definition) is 3. The molecule has 0 spiro atoms. The zero-order chi connectivity index (χ0) is 21.8. The van der Waals surface area contributed by atoms with E-state index in [1.54, 1.807) is 6.20 Å². The Morgan fingerprint density at radius 3 is 2.38 bits per heavy atom. The van der Waals surface area contributed by atoms with Gasteiger partial charge >= 0.3 is 0 Å². The quantitative estimate of drug-likeness (QED) is 0.484. The van der Waals surface area contributed by atoms with Crippen molar-refractivity contribution in [2.75, 3.05) is 26.2 Å². The van der Waals surface area contributed by atoms with Crippen LogP contribution in [-0.4, -0.2) is 51.9 Å². The summed E-state index contributed by atoms with van der Waals surface area (Å²) >= 11 is 0. The van der Waals surface area contributed by atoms with Gasteiger partial charge in [-0.05, 0) is 29.3 Å². The number of H-pyrrole nitrogens is 1. The molecule has 1 aliphatic heterocycles. The lowest BCUT2D eigenvalue weighted by Crippen LogP contribution is -2.48. The summed E-state index contributed by atoms with van der Waals surface area (Å²) < 4.78 is 0. The number of pyridine rings is 1. The molecule has 5 nitrogen and oxygen atoms in total. The van der Waals surface area contributed by atoms with Gasteiger partial charge in [-0.15, -0.1) is 0 Å². The molecule has 1 fully saturated rings. The fraction of sp³-hybridized carbons (Fsp3) is 0.185. The first-order chi connectivity index (χ1) is 15.8. The van der Waals surface area contributed by atoms with E-state index in [0.29, 0.717) is 5.57 Å². The first kappa shape index (κ1) is 20.2. The van der Waals surface area contributed by atoms with Crippen LogP contribution < -0.4 is 0 Å². The van der Waals surface area contributed by atoms with Gasteiger partial charge in [-0.25, -0.2) is 4.98 Å². The zero-order valence-electron chi connectivity index (χ0n) is 17.9. The van der Waals surface area contributed by atoms with Crippen molar-refractivity contribution < 1.29 is 4.79 Å². The Bertz CT molecular complexity index is 1220. The molecule has 5 rings (SSSR count). The Kier molecular flexibility index (Phi) is 5.81. The molecule has 0 radical (unpaired) electrons. The molecule has 4 aromatic rings. The highest BCUT2D eigenvalue weighted by Crippen LogP contribution is 2.25. The summed E-state index contributed by atoms with van der Waals surface area (Å²) in [5.41, 5.74) is 4.76. The van der Waals surface area contributed by atoms with Crippen molar-refractivity contribution >= 4 is 28.6 Å². The van der Waals surface area contributed by atoms with Crippen LogP contribution in [0.4, 0.5) is 0 Å². The van der Waals surface area contributed by atoms with Crippen LogP contribution in [0.15, 0.2) is 85.2 Å². The van der Waals surface area contributed by atoms with Gasteiger partial charge in [-0.2, -0.15) is 0 Å². The van der Waals surface area contributed by atoms with E-state index in [0.717, 1.165) is 54.9 Å². The lowest BCUT2D eigenvalue weighted by Gasteiger charge is -2.35. The number of amides is 1. The molecule has 1 N–H and O–H groups in total. The topological polar surface area (TPSA) is 52.2 Å². The van der Waals surface area contributed by atoms with Gasteiger partial charge in [0.05, 0.1) is 0 Å². The van der Waals surface area contributed by atoms with Crippen molar-refractivity contribution in [2.45, 2.75) is 6.54 Å². The monoisotopic (exact) mass is 422 g/mol. The highest BCUT2D eigenvalue weighted by molar-refractivity contribution is 6.24. The third kappa shape index (κ3) is 4.34. The van der Waals surface area contributed by atoms with Gasteiger partial charge in [-0.3, -0.25) is 9.69 Å². The van der Waals surface area contributed by atoms with Crippen LogP contribution in [-0.2, 0) is 11.3 Å². The molecule has 0 aliphatic carbocycles. The van der Waals surface area contributed by atoms with Crippen LogP contribution >= 0.6 is 0 Å². The van der Waals surface area contributed by atoms with E-state index in [9.17, 15) is 4.79 Å². The predicted molar refractivity (Wildman–Crippen MR) is 129 cm³/mol. The highest BCUT2D eigenvalue weighted by atomic mass is 16.2. The van der Waals surface area contributed by atoms with Crippen LogP contribution in [0.5, 0.6) is 0 Å². The number of aromatic amines is 1. The first-order valence-electron chi connectivity index (χ1n) is 11.0. The second-order valence-electron chi connectivity index (χ2n) is 8.12. The number of nitrogens with one attached hydrogen (secondary N) is 1. The SMILES string of the molecule is O=C(/C(=C/c1c[nH]c2ncccc12)c1ccccc1)N1CCN(Cc2ccccc2)CC1. The Morgan fingerprint density at radius 2 is 1.62 bits per heavy atom.